The van der Waals surface area contributed by atoms with Gasteiger partial charge in [0.2, 0.25) is 5.91 Å². The lowest BCUT2D eigenvalue weighted by Gasteiger charge is -2.23. The largest absolute Gasteiger partial charge is 0.586 e. The van der Waals surface area contributed by atoms with Crippen molar-refractivity contribution in [3.63, 3.8) is 0 Å². The molecular formula is C32H37F3N2O4. The fourth-order valence-electron chi connectivity index (χ4n) is 5.62. The molecule has 2 heterocycles. The van der Waals surface area contributed by atoms with Gasteiger partial charge in [0, 0.05) is 42.4 Å². The number of nitrogens with zero attached hydrogens (tertiary/aromatic N) is 1. The van der Waals surface area contributed by atoms with Crippen LogP contribution in [0.2, 0.25) is 0 Å². The monoisotopic (exact) mass is 570 g/mol. The number of carbonyl (C=O) groups is 2. The van der Waals surface area contributed by atoms with Crippen molar-refractivity contribution in [2.24, 2.45) is 5.41 Å². The van der Waals surface area contributed by atoms with E-state index in [0.717, 1.165) is 11.1 Å². The molecule has 2 aliphatic rings. The van der Waals surface area contributed by atoms with Gasteiger partial charge >= 0.3 is 6.29 Å². The molecule has 3 aromatic rings. The molecule has 0 spiro atoms. The first kappa shape index (κ1) is 29.0. The second-order valence-electron chi connectivity index (χ2n) is 13.5. The molecule has 9 heteroatoms. The normalized spacial score (nSPS) is 17.1. The third kappa shape index (κ3) is 5.95. The number of ketones is 1. The number of alkyl halides is 2. The number of carbonyl (C=O) groups excluding carboxylic acids is 2. The Morgan fingerprint density at radius 3 is 2.29 bits per heavy atom. The Morgan fingerprint density at radius 1 is 0.976 bits per heavy atom. The van der Waals surface area contributed by atoms with Crippen molar-refractivity contribution in [2.75, 3.05) is 6.54 Å². The summed E-state index contributed by atoms with van der Waals surface area (Å²) in [7, 11) is 0. The quantitative estimate of drug-likeness (QED) is 0.324. The van der Waals surface area contributed by atoms with E-state index in [9.17, 15) is 18.4 Å². The third-order valence-electron chi connectivity index (χ3n) is 7.78. The minimum Gasteiger partial charge on any atom is -0.395 e. The summed E-state index contributed by atoms with van der Waals surface area (Å²) in [6.45, 7) is 13.2. The highest BCUT2D eigenvalue weighted by molar-refractivity contribution is 5.95. The summed E-state index contributed by atoms with van der Waals surface area (Å²) in [6, 6.07) is 9.62. The first-order valence-electron chi connectivity index (χ1n) is 14.0. The molecule has 0 unspecified atom stereocenters. The standard InChI is InChI=1S/C32H37F3N2O4/c1-29(2,3)18-28(39)36-11-12-37-23-17-22(33)19(13-20(23)14-26(37)30(4,5)6)15-27(38)31(9-10-31)21-7-8-24-25(16-21)41-32(34,35)40-24/h7-8,13-14,16-17H,9-12,15,18H2,1-6H3,(H,36,39). The minimum atomic E-state index is -3.74. The Morgan fingerprint density at radius 2 is 1.66 bits per heavy atom. The molecule has 1 aromatic heterocycles. The van der Waals surface area contributed by atoms with Crippen LogP contribution in [0, 0.1) is 11.2 Å². The first-order chi connectivity index (χ1) is 19.0. The number of fused-ring (bicyclic) bond motifs is 2. The Hall–Kier alpha value is -3.49. The lowest BCUT2D eigenvalue weighted by molar-refractivity contribution is -0.286. The van der Waals surface area contributed by atoms with Crippen molar-refractivity contribution in [3.8, 4) is 11.5 Å². The van der Waals surface area contributed by atoms with Crippen molar-refractivity contribution in [1.82, 2.24) is 9.88 Å². The molecule has 0 bridgehead atoms. The van der Waals surface area contributed by atoms with Crippen LogP contribution in [0.4, 0.5) is 13.2 Å². The number of hydrogen-bond acceptors (Lipinski definition) is 4. The topological polar surface area (TPSA) is 69.6 Å². The smallest absolute Gasteiger partial charge is 0.395 e. The van der Waals surface area contributed by atoms with E-state index in [0.29, 0.717) is 43.4 Å². The lowest BCUT2D eigenvalue weighted by atomic mass is 9.87. The molecule has 1 amide bonds. The molecule has 0 radical (unpaired) electrons. The summed E-state index contributed by atoms with van der Waals surface area (Å²) >= 11 is 0. The Labute approximate surface area is 238 Å². The molecule has 2 aromatic carbocycles. The van der Waals surface area contributed by atoms with Crippen LogP contribution in [0.5, 0.6) is 11.5 Å². The molecule has 6 nitrogen and oxygen atoms in total. The molecule has 1 N–H and O–H groups in total. The maximum absolute atomic E-state index is 15.5. The average molecular weight is 571 g/mol. The number of rotatable bonds is 8. The van der Waals surface area contributed by atoms with Gasteiger partial charge in [0.05, 0.1) is 10.9 Å². The number of ether oxygens (including phenoxy) is 2. The zero-order chi connectivity index (χ0) is 30.0. The van der Waals surface area contributed by atoms with E-state index in [2.05, 4.69) is 35.6 Å². The van der Waals surface area contributed by atoms with Crippen LogP contribution in [0.1, 0.15) is 77.6 Å². The molecule has 1 fully saturated rings. The summed E-state index contributed by atoms with van der Waals surface area (Å²) < 4.78 is 53.6. The number of amides is 1. The summed E-state index contributed by atoms with van der Waals surface area (Å²) in [6.07, 6.45) is -2.34. The summed E-state index contributed by atoms with van der Waals surface area (Å²) in [5.41, 5.74) is 1.34. The summed E-state index contributed by atoms with van der Waals surface area (Å²) in [5, 5.41) is 3.79. The summed E-state index contributed by atoms with van der Waals surface area (Å²) in [4.78, 5) is 25.9. The first-order valence-corrected chi connectivity index (χ1v) is 14.0. The predicted octanol–water partition coefficient (Wildman–Crippen LogP) is 6.80. The van der Waals surface area contributed by atoms with Gasteiger partial charge in [-0.25, -0.2) is 4.39 Å². The highest BCUT2D eigenvalue weighted by Crippen LogP contribution is 2.52. The van der Waals surface area contributed by atoms with Crippen molar-refractivity contribution >= 4 is 22.6 Å². The number of hydrogen-bond donors (Lipinski definition) is 1. The van der Waals surface area contributed by atoms with E-state index in [1.54, 1.807) is 12.1 Å². The van der Waals surface area contributed by atoms with E-state index < -0.39 is 17.5 Å². The lowest BCUT2D eigenvalue weighted by Crippen LogP contribution is -2.31. The van der Waals surface area contributed by atoms with Gasteiger partial charge in [-0.3, -0.25) is 9.59 Å². The maximum atomic E-state index is 15.5. The Kier molecular flexibility index (Phi) is 6.94. The Bertz CT molecular complexity index is 1520. The van der Waals surface area contributed by atoms with Gasteiger partial charge in [0.1, 0.15) is 11.6 Å². The van der Waals surface area contributed by atoms with Crippen LogP contribution in [0.3, 0.4) is 0 Å². The van der Waals surface area contributed by atoms with Crippen LogP contribution in [0.15, 0.2) is 36.4 Å². The predicted molar refractivity (Wildman–Crippen MR) is 150 cm³/mol. The zero-order valence-corrected chi connectivity index (χ0v) is 24.4. The number of aromatic nitrogens is 1. The molecule has 0 saturated heterocycles. The van der Waals surface area contributed by atoms with Gasteiger partial charge in [-0.05, 0) is 59.7 Å². The van der Waals surface area contributed by atoms with Gasteiger partial charge < -0.3 is 19.4 Å². The van der Waals surface area contributed by atoms with Gasteiger partial charge in [0.25, 0.3) is 0 Å². The molecule has 1 aliphatic carbocycles. The van der Waals surface area contributed by atoms with Crippen LogP contribution >= 0.6 is 0 Å². The van der Waals surface area contributed by atoms with Crippen molar-refractivity contribution in [3.05, 3.63) is 59.0 Å². The molecule has 1 aliphatic heterocycles. The van der Waals surface area contributed by atoms with E-state index in [-0.39, 0.29) is 46.0 Å². The molecular weight excluding hydrogens is 533 g/mol. The Balaban J connectivity index is 1.38. The average Bonchev–Trinajstić information content (AvgIpc) is 3.48. The minimum absolute atomic E-state index is 0.0246. The van der Waals surface area contributed by atoms with Crippen molar-refractivity contribution in [1.29, 1.82) is 0 Å². The summed E-state index contributed by atoms with van der Waals surface area (Å²) in [5.74, 6) is -0.860. The zero-order valence-electron chi connectivity index (χ0n) is 24.4. The van der Waals surface area contributed by atoms with Gasteiger partial charge in [0.15, 0.2) is 11.5 Å². The van der Waals surface area contributed by atoms with Crippen LogP contribution in [0.25, 0.3) is 10.9 Å². The highest BCUT2D eigenvalue weighted by Gasteiger charge is 2.52. The molecule has 1 saturated carbocycles. The molecule has 220 valence electrons. The number of halogens is 3. The second-order valence-corrected chi connectivity index (χ2v) is 13.5. The van der Waals surface area contributed by atoms with Gasteiger partial charge in [-0.1, -0.05) is 47.6 Å². The SMILES string of the molecule is CC(C)(C)CC(=O)NCCn1c(C(C)(C)C)cc2cc(CC(=O)C3(c4ccc5c(c4)OC(F)(F)O5)CC3)c(F)cc21. The van der Waals surface area contributed by atoms with E-state index >= 15 is 4.39 Å². The number of benzene rings is 2. The third-order valence-corrected chi connectivity index (χ3v) is 7.78. The van der Waals surface area contributed by atoms with E-state index in [4.69, 9.17) is 0 Å². The van der Waals surface area contributed by atoms with Crippen molar-refractivity contribution < 1.29 is 32.2 Å². The van der Waals surface area contributed by atoms with Crippen LogP contribution in [-0.2, 0) is 33.4 Å². The van der Waals surface area contributed by atoms with Crippen LogP contribution in [-0.4, -0.2) is 29.1 Å². The molecule has 41 heavy (non-hydrogen) atoms. The number of Topliss-reactive ketones (excluding diaryl/α,β-unsaturated/α-hetero) is 1. The fourth-order valence-corrected chi connectivity index (χ4v) is 5.62. The second kappa shape index (κ2) is 9.81. The van der Waals surface area contributed by atoms with Crippen molar-refractivity contribution in [2.45, 2.75) is 90.9 Å². The van der Waals surface area contributed by atoms with Gasteiger partial charge in [-0.15, -0.1) is 8.78 Å². The molecule has 5 rings (SSSR count). The van der Waals surface area contributed by atoms with E-state index in [1.807, 2.05) is 31.4 Å². The molecule has 0 atom stereocenters. The fraction of sp³-hybridized carbons (Fsp3) is 0.500. The number of nitrogens with one attached hydrogen (secondary N) is 1. The van der Waals surface area contributed by atoms with Crippen LogP contribution < -0.4 is 14.8 Å². The highest BCUT2D eigenvalue weighted by atomic mass is 19.3. The van der Waals surface area contributed by atoms with E-state index in [1.165, 1.54) is 18.2 Å². The maximum Gasteiger partial charge on any atom is 0.586 e. The van der Waals surface area contributed by atoms with Gasteiger partial charge in [-0.2, -0.15) is 0 Å².